The van der Waals surface area contributed by atoms with Gasteiger partial charge >= 0.3 is 0 Å². The van der Waals surface area contributed by atoms with Crippen molar-refractivity contribution in [1.29, 1.82) is 0 Å². The maximum absolute atomic E-state index is 5.34. The third-order valence-electron chi connectivity index (χ3n) is 6.23. The molecule has 174 valence electrons. The van der Waals surface area contributed by atoms with Crippen molar-refractivity contribution in [3.8, 4) is 45.0 Å². The predicted molar refractivity (Wildman–Crippen MR) is 148 cm³/mol. The molecule has 1 heterocycles. The Kier molecular flexibility index (Phi) is 6.76. The topological polar surface area (TPSA) is 29.9 Å². The van der Waals surface area contributed by atoms with Gasteiger partial charge in [0.1, 0.15) is 5.82 Å². The van der Waals surface area contributed by atoms with Gasteiger partial charge in [0.25, 0.3) is 0 Å². The van der Waals surface area contributed by atoms with Crippen molar-refractivity contribution in [2.75, 3.05) is 11.9 Å². The van der Waals surface area contributed by atoms with Crippen molar-refractivity contribution in [3.63, 3.8) is 0 Å². The first-order valence-corrected chi connectivity index (χ1v) is 12.4. The van der Waals surface area contributed by atoms with Gasteiger partial charge in [-0.2, -0.15) is 0 Å². The lowest BCUT2D eigenvalue weighted by Crippen LogP contribution is -2.03. The van der Waals surface area contributed by atoms with Crippen molar-refractivity contribution in [3.05, 3.63) is 109 Å². The molecule has 1 N–H and O–H groups in total. The van der Waals surface area contributed by atoms with Crippen LogP contribution in [0.1, 0.15) is 20.3 Å². The minimum Gasteiger partial charge on any atom is -0.385 e. The summed E-state index contributed by atoms with van der Waals surface area (Å²) in [5.41, 5.74) is 9.17. The molecular weight excluding hydrogens is 426 g/mol. The number of hydrogen-bond acceptors (Lipinski definition) is 2. The molecule has 0 aliphatic carbocycles. The molecule has 0 aliphatic heterocycles. The lowest BCUT2D eigenvalue weighted by molar-refractivity contribution is 0.691. The number of anilines is 1. The Morgan fingerprint density at radius 3 is 1.97 bits per heavy atom. The highest BCUT2D eigenvalue weighted by molar-refractivity contribution is 5.87. The molecule has 1 aromatic heterocycles. The van der Waals surface area contributed by atoms with E-state index in [1.807, 2.05) is 0 Å². The van der Waals surface area contributed by atoms with E-state index in [1.54, 1.807) is 0 Å². The molecule has 5 aromatic rings. The van der Waals surface area contributed by atoms with Crippen molar-refractivity contribution in [2.45, 2.75) is 26.8 Å². The van der Waals surface area contributed by atoms with Gasteiger partial charge < -0.3 is 9.88 Å². The van der Waals surface area contributed by atoms with E-state index in [0.717, 1.165) is 47.8 Å². The first-order chi connectivity index (χ1) is 17.3. The summed E-state index contributed by atoms with van der Waals surface area (Å²) in [5, 5.41) is 3.44. The quantitative estimate of drug-likeness (QED) is 0.253. The monoisotopic (exact) mass is 457 g/mol. The molecule has 0 bridgehead atoms. The van der Waals surface area contributed by atoms with E-state index in [4.69, 9.17) is 4.98 Å². The van der Waals surface area contributed by atoms with Gasteiger partial charge in [0.2, 0.25) is 0 Å². The minimum absolute atomic E-state index is 0.894. The van der Waals surface area contributed by atoms with Gasteiger partial charge in [-0.15, -0.1) is 0 Å². The molecule has 0 saturated heterocycles. The van der Waals surface area contributed by atoms with E-state index in [-0.39, 0.29) is 0 Å². The summed E-state index contributed by atoms with van der Waals surface area (Å²) < 4.78 is 2.41. The SMILES string of the molecule is CCCn1c(-c2ccccc2-c2cccc(NCC)c2)nc(-c2ccccc2)c1-c1ccccc1. The first kappa shape index (κ1) is 22.7. The second kappa shape index (κ2) is 10.4. The summed E-state index contributed by atoms with van der Waals surface area (Å²) in [7, 11) is 0. The normalized spacial score (nSPS) is 10.9. The summed E-state index contributed by atoms with van der Waals surface area (Å²) in [6.07, 6.45) is 1.02. The van der Waals surface area contributed by atoms with Gasteiger partial charge in [-0.1, -0.05) is 104 Å². The zero-order chi connectivity index (χ0) is 24.0. The fourth-order valence-corrected chi connectivity index (χ4v) is 4.72. The molecule has 0 saturated carbocycles. The van der Waals surface area contributed by atoms with Gasteiger partial charge in [0, 0.05) is 35.5 Å². The van der Waals surface area contributed by atoms with Crippen LogP contribution in [0.25, 0.3) is 45.0 Å². The van der Waals surface area contributed by atoms with Gasteiger partial charge in [-0.05, 0) is 36.6 Å². The Bertz CT molecular complexity index is 1400. The van der Waals surface area contributed by atoms with Crippen LogP contribution < -0.4 is 5.32 Å². The van der Waals surface area contributed by atoms with Crippen LogP contribution in [0.15, 0.2) is 109 Å². The molecule has 4 aromatic carbocycles. The van der Waals surface area contributed by atoms with E-state index < -0.39 is 0 Å². The third-order valence-corrected chi connectivity index (χ3v) is 6.23. The van der Waals surface area contributed by atoms with Crippen LogP contribution in [0, 0.1) is 0 Å². The first-order valence-electron chi connectivity index (χ1n) is 12.4. The molecule has 0 fully saturated rings. The number of rotatable bonds is 8. The smallest absolute Gasteiger partial charge is 0.141 e. The Labute approximate surface area is 208 Å². The summed E-state index contributed by atoms with van der Waals surface area (Å²) >= 11 is 0. The lowest BCUT2D eigenvalue weighted by Gasteiger charge is -2.15. The molecule has 5 rings (SSSR count). The highest BCUT2D eigenvalue weighted by Gasteiger charge is 2.22. The van der Waals surface area contributed by atoms with Crippen LogP contribution in [0.4, 0.5) is 5.69 Å². The van der Waals surface area contributed by atoms with Gasteiger partial charge in [-0.3, -0.25) is 0 Å². The van der Waals surface area contributed by atoms with E-state index in [0.29, 0.717) is 0 Å². The van der Waals surface area contributed by atoms with E-state index in [2.05, 4.69) is 133 Å². The molecule has 3 heteroatoms. The molecule has 0 atom stereocenters. The highest BCUT2D eigenvalue weighted by Crippen LogP contribution is 2.39. The van der Waals surface area contributed by atoms with Crippen LogP contribution in [0.3, 0.4) is 0 Å². The maximum atomic E-state index is 5.34. The Hall–Kier alpha value is -4.11. The largest absolute Gasteiger partial charge is 0.385 e. The number of imidazole rings is 1. The molecule has 0 aliphatic rings. The molecular formula is C32H31N3. The minimum atomic E-state index is 0.894. The van der Waals surface area contributed by atoms with Gasteiger partial charge in [0.05, 0.1) is 11.4 Å². The average molecular weight is 458 g/mol. The molecule has 0 spiro atoms. The fraction of sp³-hybridized carbons (Fsp3) is 0.156. The summed E-state index contributed by atoms with van der Waals surface area (Å²) in [6.45, 7) is 6.14. The number of nitrogens with one attached hydrogen (secondary N) is 1. The van der Waals surface area contributed by atoms with Crippen LogP contribution in [0.2, 0.25) is 0 Å². The number of hydrogen-bond donors (Lipinski definition) is 1. The summed E-state index contributed by atoms with van der Waals surface area (Å²) in [5.74, 6) is 1.01. The zero-order valence-corrected chi connectivity index (χ0v) is 20.4. The second-order valence-electron chi connectivity index (χ2n) is 8.67. The van der Waals surface area contributed by atoms with E-state index in [9.17, 15) is 0 Å². The highest BCUT2D eigenvalue weighted by atomic mass is 15.1. The van der Waals surface area contributed by atoms with Crippen molar-refractivity contribution in [2.24, 2.45) is 0 Å². The molecule has 35 heavy (non-hydrogen) atoms. The Morgan fingerprint density at radius 2 is 1.29 bits per heavy atom. The average Bonchev–Trinajstić information content (AvgIpc) is 3.29. The van der Waals surface area contributed by atoms with Crippen molar-refractivity contribution in [1.82, 2.24) is 9.55 Å². The van der Waals surface area contributed by atoms with Crippen LogP contribution in [-0.4, -0.2) is 16.1 Å². The molecule has 0 unspecified atom stereocenters. The Balaban J connectivity index is 1.77. The number of aromatic nitrogens is 2. The van der Waals surface area contributed by atoms with Crippen molar-refractivity contribution < 1.29 is 0 Å². The molecule has 0 amide bonds. The van der Waals surface area contributed by atoms with Crippen LogP contribution >= 0.6 is 0 Å². The lowest BCUT2D eigenvalue weighted by atomic mass is 9.98. The van der Waals surface area contributed by atoms with E-state index in [1.165, 1.54) is 22.4 Å². The summed E-state index contributed by atoms with van der Waals surface area (Å²) in [6, 6.07) is 38.5. The standard InChI is InChI=1S/C32H31N3/c1-3-22-35-31(25-16-9-6-10-17-25)30(24-14-7-5-8-15-24)34-32(35)29-21-12-11-20-28(29)26-18-13-19-27(23-26)33-4-2/h5-21,23,33H,3-4,22H2,1-2H3. The predicted octanol–water partition coefficient (Wildman–Crippen LogP) is 8.39. The van der Waals surface area contributed by atoms with Crippen LogP contribution in [-0.2, 0) is 6.54 Å². The van der Waals surface area contributed by atoms with Gasteiger partial charge in [0.15, 0.2) is 0 Å². The summed E-state index contributed by atoms with van der Waals surface area (Å²) in [4.78, 5) is 5.34. The van der Waals surface area contributed by atoms with Gasteiger partial charge in [-0.25, -0.2) is 4.98 Å². The maximum Gasteiger partial charge on any atom is 0.141 e. The molecule has 3 nitrogen and oxygen atoms in total. The number of benzene rings is 4. The second-order valence-corrected chi connectivity index (χ2v) is 8.67. The Morgan fingerprint density at radius 1 is 0.657 bits per heavy atom. The van der Waals surface area contributed by atoms with Crippen molar-refractivity contribution >= 4 is 5.69 Å². The number of nitrogens with zero attached hydrogens (tertiary/aromatic N) is 2. The van der Waals surface area contributed by atoms with E-state index >= 15 is 0 Å². The molecule has 0 radical (unpaired) electrons. The van der Waals surface area contributed by atoms with Crippen LogP contribution in [0.5, 0.6) is 0 Å². The fourth-order valence-electron chi connectivity index (χ4n) is 4.72. The third kappa shape index (κ3) is 4.63. The zero-order valence-electron chi connectivity index (χ0n) is 20.4.